The maximum atomic E-state index is 13.5. The van der Waals surface area contributed by atoms with E-state index >= 15 is 0 Å². The lowest BCUT2D eigenvalue weighted by molar-refractivity contribution is -0.157. The Labute approximate surface area is 229 Å². The molecule has 0 saturated heterocycles. The van der Waals surface area contributed by atoms with Crippen molar-refractivity contribution in [3.8, 4) is 0 Å². The van der Waals surface area contributed by atoms with Crippen LogP contribution in [0.5, 0.6) is 0 Å². The van der Waals surface area contributed by atoms with Crippen LogP contribution in [-0.2, 0) is 9.53 Å². The van der Waals surface area contributed by atoms with E-state index in [0.717, 1.165) is 49.0 Å². The smallest absolute Gasteiger partial charge is 0.319 e. The molecule has 2 amide bonds. The normalized spacial score (nSPS) is 35.2. The fourth-order valence-corrected chi connectivity index (χ4v) is 8.68. The summed E-state index contributed by atoms with van der Waals surface area (Å²) >= 11 is 0. The van der Waals surface area contributed by atoms with Crippen molar-refractivity contribution in [1.29, 1.82) is 0 Å². The summed E-state index contributed by atoms with van der Waals surface area (Å²) in [6.45, 7) is 11.9. The zero-order chi connectivity index (χ0) is 27.1. The van der Waals surface area contributed by atoms with Gasteiger partial charge in [0.2, 0.25) is 0 Å². The maximum Gasteiger partial charge on any atom is 0.319 e. The van der Waals surface area contributed by atoms with E-state index in [2.05, 4.69) is 45.3 Å². The number of benzene rings is 1. The maximum absolute atomic E-state index is 13.5. The summed E-state index contributed by atoms with van der Waals surface area (Å²) in [5, 5.41) is 6.03. The molecular weight excluding hydrogens is 472 g/mol. The quantitative estimate of drug-likeness (QED) is 0.357. The van der Waals surface area contributed by atoms with Gasteiger partial charge in [0.25, 0.3) is 0 Å². The van der Waals surface area contributed by atoms with Crippen LogP contribution in [0.2, 0.25) is 0 Å². The van der Waals surface area contributed by atoms with Gasteiger partial charge in [-0.25, -0.2) is 4.79 Å². The van der Waals surface area contributed by atoms with Crippen molar-refractivity contribution in [1.82, 2.24) is 5.32 Å². The third-order valence-corrected chi connectivity index (χ3v) is 10.9. The first-order chi connectivity index (χ1) is 18.1. The number of anilines is 1. The molecule has 1 heterocycles. The number of carbonyl (C=O) groups is 2. The monoisotopic (exact) mass is 520 g/mol. The number of amides is 2. The SMILES string of the molecule is CC(C)CCC[C@@H](C)[C@H]1CC[C@H]2C3=C(CC[C@]12C)[C@@]1(C)CC[C@H](NC(=O)Nc2ccccc2)C[C@@H]1C(=O)O3. The predicted octanol–water partition coefficient (Wildman–Crippen LogP) is 8.08. The van der Waals surface area contributed by atoms with Crippen molar-refractivity contribution in [2.45, 2.75) is 105 Å². The summed E-state index contributed by atoms with van der Waals surface area (Å²) in [4.78, 5) is 26.2. The van der Waals surface area contributed by atoms with Gasteiger partial charge in [-0.3, -0.25) is 4.79 Å². The molecule has 0 radical (unpaired) electrons. The predicted molar refractivity (Wildman–Crippen MR) is 152 cm³/mol. The number of ether oxygens (including phenoxy) is 1. The summed E-state index contributed by atoms with van der Waals surface area (Å²) in [5.74, 6) is 3.37. The first-order valence-corrected chi connectivity index (χ1v) is 15.2. The number of fused-ring (bicyclic) bond motifs is 4. The van der Waals surface area contributed by atoms with Crippen LogP contribution in [-0.4, -0.2) is 18.0 Å². The molecule has 0 bridgehead atoms. The van der Waals surface area contributed by atoms with Crippen molar-refractivity contribution in [2.75, 3.05) is 5.32 Å². The van der Waals surface area contributed by atoms with E-state index in [1.807, 2.05) is 30.3 Å². The van der Waals surface area contributed by atoms with Crippen molar-refractivity contribution >= 4 is 17.7 Å². The van der Waals surface area contributed by atoms with Gasteiger partial charge in [-0.2, -0.15) is 0 Å². The summed E-state index contributed by atoms with van der Waals surface area (Å²) in [5.41, 5.74) is 2.27. The number of esters is 1. The van der Waals surface area contributed by atoms with E-state index in [0.29, 0.717) is 18.3 Å². The summed E-state index contributed by atoms with van der Waals surface area (Å²) < 4.78 is 6.31. The zero-order valence-corrected chi connectivity index (χ0v) is 24.1. The molecule has 2 N–H and O–H groups in total. The van der Waals surface area contributed by atoms with Crippen molar-refractivity contribution < 1.29 is 14.3 Å². The molecule has 0 unspecified atom stereocenters. The molecule has 7 atom stereocenters. The molecule has 0 aromatic heterocycles. The van der Waals surface area contributed by atoms with Crippen molar-refractivity contribution in [2.24, 2.45) is 40.4 Å². The Morgan fingerprint density at radius 3 is 2.53 bits per heavy atom. The Morgan fingerprint density at radius 1 is 1.03 bits per heavy atom. The molecule has 5 rings (SSSR count). The lowest BCUT2D eigenvalue weighted by atomic mass is 9.54. The van der Waals surface area contributed by atoms with Crippen LogP contribution in [0.3, 0.4) is 0 Å². The van der Waals surface area contributed by atoms with E-state index in [-0.39, 0.29) is 34.8 Å². The van der Waals surface area contributed by atoms with Crippen LogP contribution >= 0.6 is 0 Å². The molecule has 1 aromatic carbocycles. The Balaban J connectivity index is 1.27. The van der Waals surface area contributed by atoms with Crippen LogP contribution in [0, 0.1) is 40.4 Å². The van der Waals surface area contributed by atoms with E-state index in [9.17, 15) is 9.59 Å². The second-order valence-electron chi connectivity index (χ2n) is 13.7. The third kappa shape index (κ3) is 5.02. The average molecular weight is 521 g/mol. The molecular formula is C33H48N2O3. The summed E-state index contributed by atoms with van der Waals surface area (Å²) in [6, 6.07) is 9.25. The molecule has 5 heteroatoms. The van der Waals surface area contributed by atoms with Gasteiger partial charge in [0.15, 0.2) is 0 Å². The minimum absolute atomic E-state index is 0.0251. The first-order valence-electron chi connectivity index (χ1n) is 15.2. The second kappa shape index (κ2) is 10.7. The zero-order valence-electron chi connectivity index (χ0n) is 24.1. The molecule has 5 nitrogen and oxygen atoms in total. The second-order valence-corrected chi connectivity index (χ2v) is 13.7. The van der Waals surface area contributed by atoms with E-state index in [1.54, 1.807) is 0 Å². The van der Waals surface area contributed by atoms with Crippen LogP contribution in [0.1, 0.15) is 98.8 Å². The Morgan fingerprint density at radius 2 is 1.79 bits per heavy atom. The largest absolute Gasteiger partial charge is 0.431 e. The number of rotatable bonds is 7. The highest BCUT2D eigenvalue weighted by Crippen LogP contribution is 2.64. The van der Waals surface area contributed by atoms with Crippen LogP contribution < -0.4 is 10.6 Å². The highest BCUT2D eigenvalue weighted by atomic mass is 16.5. The minimum atomic E-state index is -0.207. The van der Waals surface area contributed by atoms with Crippen LogP contribution in [0.25, 0.3) is 0 Å². The van der Waals surface area contributed by atoms with Gasteiger partial charge >= 0.3 is 12.0 Å². The highest BCUT2D eigenvalue weighted by Gasteiger charge is 2.59. The Hall–Kier alpha value is -2.30. The molecule has 1 aliphatic heterocycles. The van der Waals surface area contributed by atoms with Gasteiger partial charge < -0.3 is 15.4 Å². The number of hydrogen-bond acceptors (Lipinski definition) is 3. The lowest BCUT2D eigenvalue weighted by Gasteiger charge is -2.53. The number of allylic oxidation sites excluding steroid dienone is 2. The van der Waals surface area contributed by atoms with Gasteiger partial charge in [-0.1, -0.05) is 72.1 Å². The number of urea groups is 1. The summed E-state index contributed by atoms with van der Waals surface area (Å²) in [6.07, 6.45) is 11.0. The third-order valence-electron chi connectivity index (χ3n) is 10.9. The Kier molecular flexibility index (Phi) is 7.68. The van der Waals surface area contributed by atoms with Gasteiger partial charge in [0, 0.05) is 23.1 Å². The fourth-order valence-electron chi connectivity index (χ4n) is 8.68. The first kappa shape index (κ1) is 27.3. The number of nitrogens with one attached hydrogen (secondary N) is 2. The molecule has 2 fully saturated rings. The number of hydrogen-bond donors (Lipinski definition) is 2. The summed E-state index contributed by atoms with van der Waals surface area (Å²) in [7, 11) is 0. The standard InChI is InChI=1S/C33H48N2O3/c1-21(2)10-9-11-22(3)25-14-15-26-29-27(17-19-32(25,26)4)33(5)18-16-24(20-28(33)30(36)38-29)35-31(37)34-23-12-7-6-8-13-23/h6-8,12-13,21-22,24-26,28H,9-11,14-20H2,1-5H3,(H2,34,35,37)/t22-,24+,25-,26+,28-,32-,33-/m1/s1. The van der Waals surface area contributed by atoms with E-state index in [4.69, 9.17) is 4.74 Å². The molecule has 4 aliphatic rings. The minimum Gasteiger partial charge on any atom is -0.431 e. The van der Waals surface area contributed by atoms with Crippen LogP contribution in [0.15, 0.2) is 41.7 Å². The van der Waals surface area contributed by atoms with Crippen LogP contribution in [0.4, 0.5) is 10.5 Å². The molecule has 208 valence electrons. The number of carbonyl (C=O) groups excluding carboxylic acids is 2. The van der Waals surface area contributed by atoms with E-state index in [1.165, 1.54) is 37.7 Å². The lowest BCUT2D eigenvalue weighted by Crippen LogP contribution is -2.53. The Bertz CT molecular complexity index is 1070. The molecule has 1 aromatic rings. The van der Waals surface area contributed by atoms with Crippen molar-refractivity contribution in [3.63, 3.8) is 0 Å². The van der Waals surface area contributed by atoms with Gasteiger partial charge in [0.1, 0.15) is 5.76 Å². The van der Waals surface area contributed by atoms with Crippen molar-refractivity contribution in [3.05, 3.63) is 41.7 Å². The molecule has 38 heavy (non-hydrogen) atoms. The molecule has 2 saturated carbocycles. The van der Waals surface area contributed by atoms with E-state index < -0.39 is 0 Å². The van der Waals surface area contributed by atoms with Gasteiger partial charge in [-0.05, 0) is 85.8 Å². The highest BCUT2D eigenvalue weighted by molar-refractivity contribution is 5.89. The topological polar surface area (TPSA) is 67.4 Å². The average Bonchev–Trinajstić information content (AvgIpc) is 3.23. The number of para-hydroxylation sites is 1. The fraction of sp³-hybridized carbons (Fsp3) is 0.697. The molecule has 0 spiro atoms. The van der Waals surface area contributed by atoms with Gasteiger partial charge in [0.05, 0.1) is 5.92 Å². The molecule has 3 aliphatic carbocycles. The van der Waals surface area contributed by atoms with Gasteiger partial charge in [-0.15, -0.1) is 0 Å².